The number of aromatic nitrogens is 1. The fraction of sp³-hybridized carbons (Fsp3) is 0.375. The van der Waals surface area contributed by atoms with Gasteiger partial charge in [0.2, 0.25) is 0 Å². The molecule has 3 rings (SSSR count). The number of carbonyl (C=O) groups is 1. The highest BCUT2D eigenvalue weighted by atomic mass is 16.1. The quantitative estimate of drug-likeness (QED) is 0.841. The number of carbonyl (C=O) groups excluding carboxylic acids is 1. The Morgan fingerprint density at radius 3 is 2.74 bits per heavy atom. The van der Waals surface area contributed by atoms with Crippen molar-refractivity contribution in [1.29, 1.82) is 0 Å². The summed E-state index contributed by atoms with van der Waals surface area (Å²) >= 11 is 0. The zero-order valence-electron chi connectivity index (χ0n) is 11.3. The molecule has 1 aliphatic rings. The second-order valence-electron chi connectivity index (χ2n) is 5.50. The molecule has 0 spiro atoms. The van der Waals surface area contributed by atoms with Crippen LogP contribution in [0.15, 0.2) is 36.5 Å². The van der Waals surface area contributed by atoms with Gasteiger partial charge in [-0.1, -0.05) is 18.2 Å². The molecule has 0 aliphatic heterocycles. The number of nitrogens with zero attached hydrogens (tertiary/aromatic N) is 2. The molecule has 0 radical (unpaired) electrons. The predicted molar refractivity (Wildman–Crippen MR) is 75.9 cm³/mol. The molecule has 1 atom stereocenters. The molecule has 0 saturated heterocycles. The van der Waals surface area contributed by atoms with E-state index >= 15 is 0 Å². The average molecular weight is 254 g/mol. The van der Waals surface area contributed by atoms with Gasteiger partial charge in [0.1, 0.15) is 0 Å². The van der Waals surface area contributed by atoms with Gasteiger partial charge in [0.05, 0.1) is 11.6 Å². The fourth-order valence-electron chi connectivity index (χ4n) is 2.55. The molecule has 0 N–H and O–H groups in total. The summed E-state index contributed by atoms with van der Waals surface area (Å²) in [4.78, 5) is 18.9. The Labute approximate surface area is 113 Å². The minimum atomic E-state index is -0.162. The molecule has 1 aliphatic carbocycles. The van der Waals surface area contributed by atoms with E-state index in [0.29, 0.717) is 5.78 Å². The Hall–Kier alpha value is -1.74. The maximum absolute atomic E-state index is 12.4. The Bertz CT molecular complexity index is 617. The molecule has 1 unspecified atom stereocenters. The molecular weight excluding hydrogens is 236 g/mol. The number of pyridine rings is 1. The first-order valence-electron chi connectivity index (χ1n) is 6.71. The van der Waals surface area contributed by atoms with Crippen LogP contribution in [0.5, 0.6) is 0 Å². The monoisotopic (exact) mass is 254 g/mol. The molecule has 3 heteroatoms. The van der Waals surface area contributed by atoms with E-state index in [1.54, 1.807) is 0 Å². The molecule has 1 heterocycles. The molecule has 1 aromatic heterocycles. The van der Waals surface area contributed by atoms with Crippen molar-refractivity contribution in [2.75, 3.05) is 14.1 Å². The van der Waals surface area contributed by atoms with Crippen molar-refractivity contribution < 1.29 is 4.79 Å². The fourth-order valence-corrected chi connectivity index (χ4v) is 2.55. The zero-order valence-corrected chi connectivity index (χ0v) is 11.3. The molecule has 1 fully saturated rings. The molecule has 98 valence electrons. The summed E-state index contributed by atoms with van der Waals surface area (Å²) in [6, 6.07) is 9.94. The van der Waals surface area contributed by atoms with Crippen molar-refractivity contribution in [2.24, 2.45) is 5.92 Å². The van der Waals surface area contributed by atoms with Crippen LogP contribution in [0.3, 0.4) is 0 Å². The van der Waals surface area contributed by atoms with Gasteiger partial charge in [-0.25, -0.2) is 0 Å². The highest BCUT2D eigenvalue weighted by molar-refractivity contribution is 5.90. The maximum Gasteiger partial charge on any atom is 0.157 e. The third-order valence-corrected chi connectivity index (χ3v) is 3.69. The predicted octanol–water partition coefficient (Wildman–Crippen LogP) is 2.82. The standard InChI is InChI=1S/C16H18N2O/c1-18(2)15(16(19)11-7-8-11)13-9-12-5-3-4-6-14(12)17-10-13/h3-6,9-11,15H,7-8H2,1-2H3. The van der Waals surface area contributed by atoms with Crippen LogP contribution in [-0.4, -0.2) is 29.8 Å². The molecule has 1 aromatic carbocycles. The summed E-state index contributed by atoms with van der Waals surface area (Å²) in [5, 5.41) is 1.09. The lowest BCUT2D eigenvalue weighted by atomic mass is 9.99. The van der Waals surface area contributed by atoms with Gasteiger partial charge in [0.15, 0.2) is 5.78 Å². The highest BCUT2D eigenvalue weighted by Gasteiger charge is 2.36. The molecule has 19 heavy (non-hydrogen) atoms. The molecular formula is C16H18N2O. The number of para-hydroxylation sites is 1. The first-order valence-corrected chi connectivity index (χ1v) is 6.71. The van der Waals surface area contributed by atoms with Gasteiger partial charge in [0.25, 0.3) is 0 Å². The molecule has 1 saturated carbocycles. The normalized spacial score (nSPS) is 16.8. The second kappa shape index (κ2) is 4.74. The first kappa shape index (κ1) is 12.3. The Balaban J connectivity index is 2.01. The number of Topliss-reactive ketones (excluding diaryl/α,β-unsaturated/α-hetero) is 1. The van der Waals surface area contributed by atoms with Crippen molar-refractivity contribution >= 4 is 16.7 Å². The van der Waals surface area contributed by atoms with Gasteiger partial charge in [-0.05, 0) is 44.6 Å². The summed E-state index contributed by atoms with van der Waals surface area (Å²) in [7, 11) is 3.92. The van der Waals surface area contributed by atoms with E-state index in [0.717, 1.165) is 29.3 Å². The highest BCUT2D eigenvalue weighted by Crippen LogP contribution is 2.36. The molecule has 0 bridgehead atoms. The van der Waals surface area contributed by atoms with Crippen LogP contribution in [0, 0.1) is 5.92 Å². The molecule has 0 amide bonds. The van der Waals surface area contributed by atoms with Gasteiger partial charge in [-0.15, -0.1) is 0 Å². The summed E-state index contributed by atoms with van der Waals surface area (Å²) in [5.41, 5.74) is 1.98. The van der Waals surface area contributed by atoms with E-state index in [9.17, 15) is 4.79 Å². The van der Waals surface area contributed by atoms with Gasteiger partial charge >= 0.3 is 0 Å². The van der Waals surface area contributed by atoms with E-state index in [1.165, 1.54) is 0 Å². The smallest absolute Gasteiger partial charge is 0.157 e. The second-order valence-corrected chi connectivity index (χ2v) is 5.50. The third kappa shape index (κ3) is 2.38. The minimum Gasteiger partial charge on any atom is -0.297 e. The summed E-state index contributed by atoms with van der Waals surface area (Å²) in [6.07, 6.45) is 3.93. The van der Waals surface area contributed by atoms with E-state index in [1.807, 2.05) is 49.5 Å². The van der Waals surface area contributed by atoms with Crippen molar-refractivity contribution in [2.45, 2.75) is 18.9 Å². The van der Waals surface area contributed by atoms with Crippen molar-refractivity contribution in [3.05, 3.63) is 42.1 Å². The van der Waals surface area contributed by atoms with Crippen LogP contribution < -0.4 is 0 Å². The lowest BCUT2D eigenvalue weighted by Gasteiger charge is -2.23. The Morgan fingerprint density at radius 1 is 1.32 bits per heavy atom. The van der Waals surface area contributed by atoms with Crippen molar-refractivity contribution in [3.8, 4) is 0 Å². The van der Waals surface area contributed by atoms with Gasteiger partial charge in [0, 0.05) is 17.5 Å². The summed E-state index contributed by atoms with van der Waals surface area (Å²) < 4.78 is 0. The SMILES string of the molecule is CN(C)C(C(=O)C1CC1)c1cnc2ccccc2c1. The lowest BCUT2D eigenvalue weighted by molar-refractivity contribution is -0.124. The zero-order chi connectivity index (χ0) is 13.4. The average Bonchev–Trinajstić information content (AvgIpc) is 3.22. The van der Waals surface area contributed by atoms with Crippen LogP contribution in [0.25, 0.3) is 10.9 Å². The van der Waals surface area contributed by atoms with Crippen molar-refractivity contribution in [1.82, 2.24) is 9.88 Å². The van der Waals surface area contributed by atoms with Crippen LogP contribution in [0.4, 0.5) is 0 Å². The van der Waals surface area contributed by atoms with Gasteiger partial charge in [-0.2, -0.15) is 0 Å². The number of hydrogen-bond donors (Lipinski definition) is 0. The lowest BCUT2D eigenvalue weighted by Crippen LogP contribution is -2.28. The third-order valence-electron chi connectivity index (χ3n) is 3.69. The van der Waals surface area contributed by atoms with Crippen molar-refractivity contribution in [3.63, 3.8) is 0 Å². The van der Waals surface area contributed by atoms with Crippen LogP contribution in [0.1, 0.15) is 24.4 Å². The maximum atomic E-state index is 12.4. The number of rotatable bonds is 4. The van der Waals surface area contributed by atoms with Crippen LogP contribution in [-0.2, 0) is 4.79 Å². The van der Waals surface area contributed by atoms with E-state index in [-0.39, 0.29) is 12.0 Å². The van der Waals surface area contributed by atoms with E-state index in [2.05, 4.69) is 11.1 Å². The number of hydrogen-bond acceptors (Lipinski definition) is 3. The number of likely N-dealkylation sites (N-methyl/N-ethyl adjacent to an activating group) is 1. The van der Waals surface area contributed by atoms with E-state index < -0.39 is 0 Å². The Morgan fingerprint density at radius 2 is 2.05 bits per heavy atom. The molecule has 3 nitrogen and oxygen atoms in total. The minimum absolute atomic E-state index is 0.162. The number of fused-ring (bicyclic) bond motifs is 1. The Kier molecular flexibility index (Phi) is 3.07. The van der Waals surface area contributed by atoms with Gasteiger partial charge < -0.3 is 0 Å². The first-order chi connectivity index (χ1) is 9.16. The molecule has 2 aromatic rings. The van der Waals surface area contributed by atoms with E-state index in [4.69, 9.17) is 0 Å². The topological polar surface area (TPSA) is 33.2 Å². The summed E-state index contributed by atoms with van der Waals surface area (Å²) in [5.74, 6) is 0.598. The largest absolute Gasteiger partial charge is 0.297 e. The number of ketones is 1. The number of benzene rings is 1. The summed E-state index contributed by atoms with van der Waals surface area (Å²) in [6.45, 7) is 0. The van der Waals surface area contributed by atoms with Gasteiger partial charge in [-0.3, -0.25) is 14.7 Å². The van der Waals surface area contributed by atoms with Crippen LogP contribution >= 0.6 is 0 Å². The van der Waals surface area contributed by atoms with Crippen LogP contribution in [0.2, 0.25) is 0 Å².